The van der Waals surface area contributed by atoms with Crippen LogP contribution in [0.3, 0.4) is 0 Å². The first-order valence-electron chi connectivity index (χ1n) is 4.87. The lowest BCUT2D eigenvalue weighted by atomic mass is 10.1. The average molecular weight is 200 g/mol. The topological polar surface area (TPSA) is 45.8 Å². The minimum absolute atomic E-state index is 0.130. The Morgan fingerprint density at radius 3 is 2.73 bits per heavy atom. The van der Waals surface area contributed by atoms with Gasteiger partial charge in [0, 0.05) is 11.3 Å². The number of hydrogen-bond donors (Lipinski definition) is 1. The van der Waals surface area contributed by atoms with E-state index in [0.29, 0.717) is 0 Å². The molecule has 1 aromatic heterocycles. The van der Waals surface area contributed by atoms with E-state index in [1.54, 1.807) is 0 Å². The molecule has 0 aliphatic heterocycles. The van der Waals surface area contributed by atoms with Crippen molar-refractivity contribution >= 4 is 6.29 Å². The maximum atomic E-state index is 10.6. The minimum Gasteiger partial charge on any atom is -0.303 e. The van der Waals surface area contributed by atoms with Gasteiger partial charge in [-0.1, -0.05) is 37.3 Å². The van der Waals surface area contributed by atoms with Crippen molar-refractivity contribution in [2.24, 2.45) is 0 Å². The molecule has 3 heteroatoms. The number of aldehydes is 1. The number of hydrogen-bond acceptors (Lipinski definition) is 2. The van der Waals surface area contributed by atoms with Gasteiger partial charge in [0.05, 0.1) is 11.6 Å². The molecule has 0 aliphatic rings. The first-order valence-corrected chi connectivity index (χ1v) is 4.87. The number of H-pyrrole nitrogens is 1. The first kappa shape index (κ1) is 9.65. The molecule has 1 unspecified atom stereocenters. The van der Waals surface area contributed by atoms with E-state index in [4.69, 9.17) is 0 Å². The number of aromatic amines is 1. The van der Waals surface area contributed by atoms with E-state index in [0.717, 1.165) is 23.2 Å². The highest BCUT2D eigenvalue weighted by molar-refractivity contribution is 5.64. The number of nitrogens with zero attached hydrogens (tertiary/aromatic N) is 1. The third kappa shape index (κ3) is 1.96. The fraction of sp³-hybridized carbons (Fsp3) is 0.167. The van der Waals surface area contributed by atoms with Gasteiger partial charge >= 0.3 is 0 Å². The van der Waals surface area contributed by atoms with Gasteiger partial charge in [0.1, 0.15) is 6.29 Å². The lowest BCUT2D eigenvalue weighted by Gasteiger charge is -1.95. The van der Waals surface area contributed by atoms with Gasteiger partial charge in [0.15, 0.2) is 0 Å². The average Bonchev–Trinajstić information content (AvgIpc) is 2.78. The molecule has 76 valence electrons. The number of carbonyl (C=O) groups is 1. The predicted octanol–water partition coefficient (Wildman–Crippen LogP) is 2.38. The molecule has 0 radical (unpaired) electrons. The van der Waals surface area contributed by atoms with Gasteiger partial charge < -0.3 is 4.79 Å². The molecule has 0 aliphatic carbocycles. The highest BCUT2D eigenvalue weighted by Crippen LogP contribution is 2.19. The summed E-state index contributed by atoms with van der Waals surface area (Å²) in [6.45, 7) is 1.84. The predicted molar refractivity (Wildman–Crippen MR) is 58.5 cm³/mol. The molecule has 15 heavy (non-hydrogen) atoms. The molecule has 1 aromatic carbocycles. The summed E-state index contributed by atoms with van der Waals surface area (Å²) >= 11 is 0. The van der Waals surface area contributed by atoms with Crippen molar-refractivity contribution in [2.45, 2.75) is 12.8 Å². The summed E-state index contributed by atoms with van der Waals surface area (Å²) in [6, 6.07) is 11.8. The number of nitrogens with one attached hydrogen (secondary N) is 1. The molecule has 0 saturated heterocycles. The van der Waals surface area contributed by atoms with Crippen LogP contribution < -0.4 is 0 Å². The van der Waals surface area contributed by atoms with Crippen LogP contribution >= 0.6 is 0 Å². The summed E-state index contributed by atoms with van der Waals surface area (Å²) in [5.41, 5.74) is 2.78. The normalized spacial score (nSPS) is 12.3. The lowest BCUT2D eigenvalue weighted by Crippen LogP contribution is -1.93. The summed E-state index contributed by atoms with van der Waals surface area (Å²) < 4.78 is 0. The Bertz CT molecular complexity index is 448. The Hall–Kier alpha value is -1.90. The van der Waals surface area contributed by atoms with Crippen molar-refractivity contribution in [3.8, 4) is 11.3 Å². The summed E-state index contributed by atoms with van der Waals surface area (Å²) in [6.07, 6.45) is 0.905. The number of rotatable bonds is 3. The largest absolute Gasteiger partial charge is 0.303 e. The van der Waals surface area contributed by atoms with Crippen LogP contribution in [-0.4, -0.2) is 16.5 Å². The third-order valence-corrected chi connectivity index (χ3v) is 2.36. The Labute approximate surface area is 88.1 Å². The smallest absolute Gasteiger partial charge is 0.128 e. The van der Waals surface area contributed by atoms with Gasteiger partial charge in [0.25, 0.3) is 0 Å². The quantitative estimate of drug-likeness (QED) is 0.773. The molecule has 1 atom stereocenters. The van der Waals surface area contributed by atoms with Gasteiger partial charge in [-0.3, -0.25) is 5.10 Å². The van der Waals surface area contributed by atoms with Crippen LogP contribution in [0.2, 0.25) is 0 Å². The molecule has 0 fully saturated rings. The van der Waals surface area contributed by atoms with Crippen LogP contribution in [0, 0.1) is 0 Å². The van der Waals surface area contributed by atoms with Crippen molar-refractivity contribution in [1.29, 1.82) is 0 Å². The van der Waals surface area contributed by atoms with E-state index >= 15 is 0 Å². The van der Waals surface area contributed by atoms with Gasteiger partial charge in [0.2, 0.25) is 0 Å². The van der Waals surface area contributed by atoms with Crippen LogP contribution in [-0.2, 0) is 4.79 Å². The summed E-state index contributed by atoms with van der Waals surface area (Å²) in [5, 5.41) is 7.05. The van der Waals surface area contributed by atoms with Crippen LogP contribution in [0.25, 0.3) is 11.3 Å². The molecular weight excluding hydrogens is 188 g/mol. The monoisotopic (exact) mass is 200 g/mol. The summed E-state index contributed by atoms with van der Waals surface area (Å²) in [7, 11) is 0. The van der Waals surface area contributed by atoms with Crippen molar-refractivity contribution in [3.05, 3.63) is 42.1 Å². The van der Waals surface area contributed by atoms with Gasteiger partial charge in [-0.25, -0.2) is 0 Å². The van der Waals surface area contributed by atoms with Gasteiger partial charge in [-0.05, 0) is 6.07 Å². The molecule has 3 nitrogen and oxygen atoms in total. The zero-order valence-electron chi connectivity index (χ0n) is 8.47. The molecule has 0 saturated carbocycles. The third-order valence-electron chi connectivity index (χ3n) is 2.36. The van der Waals surface area contributed by atoms with E-state index in [1.165, 1.54) is 0 Å². The molecular formula is C12H12N2O. The Balaban J connectivity index is 2.32. The highest BCUT2D eigenvalue weighted by Gasteiger charge is 2.08. The SMILES string of the molecule is CC(C=O)c1cc(-c2ccccc2)n[nH]1. The first-order chi connectivity index (χ1) is 7.31. The maximum absolute atomic E-state index is 10.6. The summed E-state index contributed by atoms with van der Waals surface area (Å²) in [4.78, 5) is 10.6. The molecule has 2 aromatic rings. The van der Waals surface area contributed by atoms with Crippen LogP contribution in [0.1, 0.15) is 18.5 Å². The van der Waals surface area contributed by atoms with E-state index in [1.807, 2.05) is 43.3 Å². The maximum Gasteiger partial charge on any atom is 0.128 e. The molecule has 2 rings (SSSR count). The Morgan fingerprint density at radius 1 is 1.33 bits per heavy atom. The standard InChI is InChI=1S/C12H12N2O/c1-9(8-15)11-7-12(14-13-11)10-5-3-2-4-6-10/h2-9H,1H3,(H,13,14). The minimum atomic E-state index is -0.130. The molecule has 0 bridgehead atoms. The van der Waals surface area contributed by atoms with Crippen molar-refractivity contribution < 1.29 is 4.79 Å². The van der Waals surface area contributed by atoms with Gasteiger partial charge in [-0.15, -0.1) is 0 Å². The molecule has 0 spiro atoms. The number of carbonyl (C=O) groups excluding carboxylic acids is 1. The molecule has 1 N–H and O–H groups in total. The van der Waals surface area contributed by atoms with Crippen LogP contribution in [0.5, 0.6) is 0 Å². The van der Waals surface area contributed by atoms with Crippen molar-refractivity contribution in [3.63, 3.8) is 0 Å². The Kier molecular flexibility index (Phi) is 2.63. The van der Waals surface area contributed by atoms with E-state index in [2.05, 4.69) is 10.2 Å². The highest BCUT2D eigenvalue weighted by atomic mass is 16.1. The zero-order chi connectivity index (χ0) is 10.7. The second-order valence-corrected chi connectivity index (χ2v) is 3.50. The number of aromatic nitrogens is 2. The number of benzene rings is 1. The van der Waals surface area contributed by atoms with E-state index < -0.39 is 0 Å². The molecule has 1 heterocycles. The van der Waals surface area contributed by atoms with Crippen LogP contribution in [0.15, 0.2) is 36.4 Å². The lowest BCUT2D eigenvalue weighted by molar-refractivity contribution is -0.108. The van der Waals surface area contributed by atoms with E-state index in [-0.39, 0.29) is 5.92 Å². The van der Waals surface area contributed by atoms with E-state index in [9.17, 15) is 4.79 Å². The second-order valence-electron chi connectivity index (χ2n) is 3.50. The fourth-order valence-corrected chi connectivity index (χ4v) is 1.40. The van der Waals surface area contributed by atoms with Crippen LogP contribution in [0.4, 0.5) is 0 Å². The fourth-order valence-electron chi connectivity index (χ4n) is 1.40. The zero-order valence-corrected chi connectivity index (χ0v) is 8.47. The second kappa shape index (κ2) is 4.09. The molecule has 0 amide bonds. The Morgan fingerprint density at radius 2 is 2.07 bits per heavy atom. The van der Waals surface area contributed by atoms with Gasteiger partial charge in [-0.2, -0.15) is 5.10 Å². The van der Waals surface area contributed by atoms with Crippen molar-refractivity contribution in [2.75, 3.05) is 0 Å². The summed E-state index contributed by atoms with van der Waals surface area (Å²) in [5.74, 6) is -0.130. The van der Waals surface area contributed by atoms with Crippen molar-refractivity contribution in [1.82, 2.24) is 10.2 Å².